The normalized spacial score (nSPS) is 36.9. The smallest absolute Gasteiger partial charge is 0.351 e. The number of nitrogens with zero attached hydrogens (tertiary/aromatic N) is 4. The number of alkyl halides is 1. The quantitative estimate of drug-likeness (QED) is 0.150. The number of pyridine rings is 1. The largest absolute Gasteiger partial charge is 0.457 e. The lowest BCUT2D eigenvalue weighted by atomic mass is 9.76. The maximum absolute atomic E-state index is 16.9. The summed E-state index contributed by atoms with van der Waals surface area (Å²) in [7, 11) is 3.62. The molecule has 1 amide bonds. The van der Waals surface area contributed by atoms with E-state index in [-0.39, 0.29) is 62.4 Å². The Hall–Kier alpha value is -4.37. The number of ether oxygens (including phenoxy) is 5. The van der Waals surface area contributed by atoms with E-state index in [1.54, 1.807) is 45.9 Å². The van der Waals surface area contributed by atoms with Crippen molar-refractivity contribution in [2.45, 2.75) is 154 Å². The summed E-state index contributed by atoms with van der Waals surface area (Å²) in [5.41, 5.74) is 0.588. The molecule has 2 bridgehead atoms. The third-order valence-corrected chi connectivity index (χ3v) is 12.2. The minimum absolute atomic E-state index is 0.00512. The predicted octanol–water partition coefficient (Wildman–Crippen LogP) is 4.02. The Labute approximate surface area is 368 Å². The van der Waals surface area contributed by atoms with Crippen molar-refractivity contribution in [3.63, 3.8) is 0 Å². The highest BCUT2D eigenvalue weighted by Gasteiger charge is 2.56. The summed E-state index contributed by atoms with van der Waals surface area (Å²) in [5, 5.41) is 31.5. The van der Waals surface area contributed by atoms with Crippen molar-refractivity contribution in [3.05, 3.63) is 41.4 Å². The lowest BCUT2D eigenvalue weighted by molar-refractivity contribution is -0.296. The van der Waals surface area contributed by atoms with Gasteiger partial charge in [0.1, 0.15) is 53.1 Å². The fourth-order valence-electron chi connectivity index (χ4n) is 8.74. The molecule has 19 heteroatoms. The van der Waals surface area contributed by atoms with E-state index < -0.39 is 83.3 Å². The average molecular weight is 889 g/mol. The van der Waals surface area contributed by atoms with Gasteiger partial charge in [0.15, 0.2) is 18.7 Å². The summed E-state index contributed by atoms with van der Waals surface area (Å²) in [6.45, 7) is 13.1. The molecule has 0 unspecified atom stereocenters. The summed E-state index contributed by atoms with van der Waals surface area (Å²) in [6, 6.07) is 4.62. The molecule has 63 heavy (non-hydrogen) atoms. The molecule has 3 aliphatic rings. The van der Waals surface area contributed by atoms with Crippen LogP contribution in [0.25, 0.3) is 11.6 Å². The molecule has 0 saturated carbocycles. The predicted molar refractivity (Wildman–Crippen MR) is 227 cm³/mol. The van der Waals surface area contributed by atoms with Gasteiger partial charge in [-0.1, -0.05) is 38.9 Å². The number of fused-ring (bicyclic) bond motifs is 4. The van der Waals surface area contributed by atoms with Gasteiger partial charge in [-0.2, -0.15) is 0 Å². The van der Waals surface area contributed by atoms with Crippen molar-refractivity contribution in [2.24, 2.45) is 17.0 Å². The number of cyclic esters (lactones) is 1. The number of ketones is 1. The molecule has 2 aromatic heterocycles. The van der Waals surface area contributed by atoms with Gasteiger partial charge in [-0.05, 0) is 91.6 Å². The molecule has 1 fully saturated rings. The molecule has 1 saturated heterocycles. The highest BCUT2D eigenvalue weighted by atomic mass is 19.1. The van der Waals surface area contributed by atoms with E-state index in [2.05, 4.69) is 20.4 Å². The van der Waals surface area contributed by atoms with Crippen LogP contribution in [0.5, 0.6) is 0 Å². The SMILES string of the molecule is CCC(=O)N/C1=C(\C)[C@H]2OCC(=NOCc3coc(-c4cccc(N)n4)n3)CO[C@](C)(C[C@H]1C)[C@H](O[C@@H]1O[C@H](C)C[C@H](N(C)C)[C@H]1O)[C@@H](C)C(=O)[C@](C)(F)C(=O)O[C@H](CC)[C@@]2(C)O. The summed E-state index contributed by atoms with van der Waals surface area (Å²) < 4.78 is 54.4. The van der Waals surface area contributed by atoms with Crippen molar-refractivity contribution in [1.82, 2.24) is 20.2 Å². The molecule has 5 rings (SSSR count). The van der Waals surface area contributed by atoms with Crippen molar-refractivity contribution >= 4 is 29.2 Å². The highest BCUT2D eigenvalue weighted by molar-refractivity contribution is 6.07. The van der Waals surface area contributed by atoms with Crippen LogP contribution < -0.4 is 11.1 Å². The van der Waals surface area contributed by atoms with Crippen LogP contribution in [-0.4, -0.2) is 135 Å². The zero-order valence-electron chi connectivity index (χ0n) is 38.2. The Balaban J connectivity index is 1.67. The number of nitrogens with one attached hydrogen (secondary N) is 1. The number of oxime groups is 1. The number of Topliss-reactive ketones (excluding diaryl/α,β-unsaturated/α-hetero) is 1. The topological polar surface area (TPSA) is 240 Å². The van der Waals surface area contributed by atoms with Crippen molar-refractivity contribution < 1.29 is 61.9 Å². The second-order valence-electron chi connectivity index (χ2n) is 17.7. The molecular weight excluding hydrogens is 824 g/mol. The minimum atomic E-state index is -3.24. The van der Waals surface area contributed by atoms with E-state index in [9.17, 15) is 24.6 Å². The zero-order valence-corrected chi connectivity index (χ0v) is 38.2. The molecule has 0 aliphatic carbocycles. The lowest BCUT2D eigenvalue weighted by Gasteiger charge is -2.47. The maximum Gasteiger partial charge on any atom is 0.351 e. The summed E-state index contributed by atoms with van der Waals surface area (Å²) >= 11 is 0. The molecular formula is C44H65FN6O12. The van der Waals surface area contributed by atoms with Gasteiger partial charge in [0.2, 0.25) is 11.8 Å². The van der Waals surface area contributed by atoms with Gasteiger partial charge in [0.25, 0.3) is 5.67 Å². The molecule has 3 aliphatic heterocycles. The average Bonchev–Trinajstić information content (AvgIpc) is 3.70. The number of rotatable bonds is 10. The number of esters is 1. The molecule has 12 atom stereocenters. The monoisotopic (exact) mass is 888 g/mol. The maximum atomic E-state index is 16.9. The number of nitrogens with two attached hydrogens (primary N) is 1. The Kier molecular flexibility index (Phi) is 15.9. The number of likely N-dealkylation sites (N-methyl/N-ethyl adjacent to an activating group) is 1. The second kappa shape index (κ2) is 20.2. The molecule has 0 aromatic carbocycles. The van der Waals surface area contributed by atoms with Gasteiger partial charge in [0, 0.05) is 24.1 Å². The first-order chi connectivity index (χ1) is 29.5. The Bertz CT molecular complexity index is 2010. The zero-order chi connectivity index (χ0) is 46.6. The number of anilines is 1. The molecule has 350 valence electrons. The molecule has 5 heterocycles. The summed E-state index contributed by atoms with van der Waals surface area (Å²) in [4.78, 5) is 57.9. The number of halogens is 1. The van der Waals surface area contributed by atoms with E-state index in [0.717, 1.165) is 6.92 Å². The third-order valence-electron chi connectivity index (χ3n) is 12.2. The third kappa shape index (κ3) is 11.1. The number of carbonyl (C=O) groups excluding carboxylic acids is 3. The van der Waals surface area contributed by atoms with Crippen LogP contribution in [0, 0.1) is 11.8 Å². The van der Waals surface area contributed by atoms with Gasteiger partial charge >= 0.3 is 5.97 Å². The second-order valence-corrected chi connectivity index (χ2v) is 17.7. The molecule has 0 spiro atoms. The number of oxazole rings is 1. The minimum Gasteiger partial charge on any atom is -0.457 e. The van der Waals surface area contributed by atoms with Crippen LogP contribution >= 0.6 is 0 Å². The van der Waals surface area contributed by atoms with Gasteiger partial charge in [-0.3, -0.25) is 9.59 Å². The van der Waals surface area contributed by atoms with Crippen LogP contribution in [0.3, 0.4) is 0 Å². The first-order valence-corrected chi connectivity index (χ1v) is 21.5. The van der Waals surface area contributed by atoms with Crippen molar-refractivity contribution in [3.8, 4) is 11.6 Å². The first-order valence-electron chi connectivity index (χ1n) is 21.5. The highest BCUT2D eigenvalue weighted by Crippen LogP contribution is 2.41. The van der Waals surface area contributed by atoms with Gasteiger partial charge in [0.05, 0.1) is 31.0 Å². The Morgan fingerprint density at radius 3 is 2.49 bits per heavy atom. The number of allylic oxidation sites excluding steroid dienone is 1. The number of nitrogen functional groups attached to an aromatic ring is 1. The van der Waals surface area contributed by atoms with Crippen molar-refractivity contribution in [2.75, 3.05) is 33.0 Å². The molecule has 5 N–H and O–H groups in total. The van der Waals surface area contributed by atoms with Crippen LogP contribution in [0.2, 0.25) is 0 Å². The summed E-state index contributed by atoms with van der Waals surface area (Å²) in [5.74, 6) is -4.65. The fourth-order valence-corrected chi connectivity index (χ4v) is 8.74. The van der Waals surface area contributed by atoms with Crippen molar-refractivity contribution in [1.29, 1.82) is 0 Å². The standard InChI is InChI=1S/C44H65FN6O12/c1-12-31-44(9,56)38-25(5)34(49-33(52)13-2)23(3)18-42(7,59-21-28(20-57-38)50-60-22-27-19-58-39(47-27)29-15-14-16-32(46)48-29)37(26(6)36(54)43(8,45)41(55)62-31)63-40-35(53)30(51(10)11)17-24(4)61-40/h14-16,19,23-24,26,30-31,35,37-38,40,53,56H,12-13,17-18,20-22H2,1-11H3,(H2,46,48)(H,49,52)/b34-25+,50-28?/t23-,24-,26+,30+,31-,35-,37-,38-,40+,42-,43+,44-/m1/s1. The van der Waals surface area contributed by atoms with Crippen LogP contribution in [0.1, 0.15) is 93.7 Å². The van der Waals surface area contributed by atoms with E-state index in [4.69, 9.17) is 38.7 Å². The van der Waals surface area contributed by atoms with Crippen LogP contribution in [-0.2, 0) is 49.5 Å². The number of amides is 1. The number of hydrogen-bond acceptors (Lipinski definition) is 17. The van der Waals surface area contributed by atoms with E-state index in [1.165, 1.54) is 20.1 Å². The molecule has 18 nitrogen and oxygen atoms in total. The molecule has 0 radical (unpaired) electrons. The Morgan fingerprint density at radius 2 is 1.84 bits per heavy atom. The number of hydrogen-bond donors (Lipinski definition) is 4. The lowest BCUT2D eigenvalue weighted by Crippen LogP contribution is -2.61. The Morgan fingerprint density at radius 1 is 1.13 bits per heavy atom. The molecule has 2 aromatic rings. The first kappa shape index (κ1) is 49.6. The van der Waals surface area contributed by atoms with Gasteiger partial charge < -0.3 is 59.1 Å². The van der Waals surface area contributed by atoms with Gasteiger partial charge in [-0.15, -0.1) is 0 Å². The number of carbonyl (C=O) groups is 3. The van der Waals surface area contributed by atoms with Crippen LogP contribution in [0.4, 0.5) is 10.2 Å². The number of aliphatic hydroxyl groups is 2. The van der Waals surface area contributed by atoms with E-state index in [0.29, 0.717) is 29.1 Å². The van der Waals surface area contributed by atoms with Gasteiger partial charge in [-0.25, -0.2) is 19.2 Å². The fraction of sp³-hybridized carbons (Fsp3) is 0.682. The summed E-state index contributed by atoms with van der Waals surface area (Å²) in [6.07, 6.45) is -5.20. The number of aliphatic hydroxyl groups excluding tert-OH is 1. The van der Waals surface area contributed by atoms with Crippen LogP contribution in [0.15, 0.2) is 45.3 Å². The van der Waals surface area contributed by atoms with E-state index in [1.807, 2.05) is 32.8 Å². The number of aromatic nitrogens is 2. The van der Waals surface area contributed by atoms with E-state index >= 15 is 4.39 Å².